The number of carbonyl (C=O) groups excluding carboxylic acids is 2. The van der Waals surface area contributed by atoms with Crippen LogP contribution in [0.4, 0.5) is 0 Å². The molecule has 10 heteroatoms. The normalized spacial score (nSPS) is 12.3. The van der Waals surface area contributed by atoms with Crippen LogP contribution >= 0.6 is 0 Å². The zero-order valence-corrected chi connectivity index (χ0v) is 21.6. The van der Waals surface area contributed by atoms with E-state index >= 15 is 0 Å². The number of ether oxygens (including phenoxy) is 2. The van der Waals surface area contributed by atoms with Crippen LogP contribution in [0.1, 0.15) is 30.5 Å². The lowest BCUT2D eigenvalue weighted by molar-refractivity contribution is -0.141. The second kappa shape index (κ2) is 13.8. The standard InChI is InChI=1S/C25H35N3O6S/c1-5-34-17-9-16-26-25(30)24(21-10-7-6-8-11-21)28(23(29)19-27(2)35(4,31)32)18-20-12-14-22(33-3)15-13-20/h6-8,10-15,24H,5,9,16-19H2,1-4H3,(H,26,30)/t24-/m1/s1. The van der Waals surface area contributed by atoms with Crippen LogP contribution in [-0.4, -0.2) is 76.2 Å². The van der Waals surface area contributed by atoms with Crippen LogP contribution < -0.4 is 10.1 Å². The van der Waals surface area contributed by atoms with E-state index in [0.29, 0.717) is 37.5 Å². The quantitative estimate of drug-likeness (QED) is 0.395. The summed E-state index contributed by atoms with van der Waals surface area (Å²) in [6, 6.07) is 15.2. The smallest absolute Gasteiger partial charge is 0.247 e. The van der Waals surface area contributed by atoms with Crippen LogP contribution in [0.15, 0.2) is 54.6 Å². The number of methoxy groups -OCH3 is 1. The average molecular weight is 506 g/mol. The molecule has 0 radical (unpaired) electrons. The molecule has 0 saturated heterocycles. The summed E-state index contributed by atoms with van der Waals surface area (Å²) in [6.45, 7) is 3.11. The second-order valence-electron chi connectivity index (χ2n) is 8.04. The predicted octanol–water partition coefficient (Wildman–Crippen LogP) is 2.20. The van der Waals surface area contributed by atoms with Crippen molar-refractivity contribution in [3.05, 3.63) is 65.7 Å². The number of hydrogen-bond donors (Lipinski definition) is 1. The first-order valence-electron chi connectivity index (χ1n) is 11.4. The number of sulfonamides is 1. The topological polar surface area (TPSA) is 105 Å². The Morgan fingerprint density at radius 1 is 1.06 bits per heavy atom. The number of carbonyl (C=O) groups is 2. The van der Waals surface area contributed by atoms with E-state index in [-0.39, 0.29) is 12.5 Å². The molecule has 35 heavy (non-hydrogen) atoms. The highest BCUT2D eigenvalue weighted by atomic mass is 32.2. The summed E-state index contributed by atoms with van der Waals surface area (Å²) in [5, 5.41) is 2.90. The Hall–Kier alpha value is -2.95. The fraction of sp³-hybridized carbons (Fsp3) is 0.440. The minimum atomic E-state index is -3.59. The molecule has 0 spiro atoms. The van der Waals surface area contributed by atoms with Gasteiger partial charge in [-0.1, -0.05) is 42.5 Å². The molecule has 2 aromatic rings. The van der Waals surface area contributed by atoms with Gasteiger partial charge in [-0.25, -0.2) is 8.42 Å². The largest absolute Gasteiger partial charge is 0.497 e. The molecule has 1 N–H and O–H groups in total. The fourth-order valence-electron chi connectivity index (χ4n) is 3.38. The van der Waals surface area contributed by atoms with E-state index < -0.39 is 28.5 Å². The Bertz CT molecular complexity index is 1040. The molecule has 0 aromatic heterocycles. The number of likely N-dealkylation sites (N-methyl/N-ethyl adjacent to an activating group) is 1. The first kappa shape index (κ1) is 28.3. The highest BCUT2D eigenvalue weighted by Crippen LogP contribution is 2.25. The zero-order chi connectivity index (χ0) is 25.8. The van der Waals surface area contributed by atoms with Crippen molar-refractivity contribution in [1.82, 2.24) is 14.5 Å². The average Bonchev–Trinajstić information content (AvgIpc) is 2.84. The number of benzene rings is 2. The predicted molar refractivity (Wildman–Crippen MR) is 134 cm³/mol. The van der Waals surface area contributed by atoms with Crippen molar-refractivity contribution in [1.29, 1.82) is 0 Å². The first-order chi connectivity index (χ1) is 16.7. The molecule has 192 valence electrons. The van der Waals surface area contributed by atoms with Gasteiger partial charge in [0.15, 0.2) is 0 Å². The lowest BCUT2D eigenvalue weighted by Crippen LogP contribution is -2.47. The molecule has 2 amide bonds. The molecule has 0 fully saturated rings. The van der Waals surface area contributed by atoms with E-state index in [1.54, 1.807) is 55.6 Å². The van der Waals surface area contributed by atoms with Gasteiger partial charge in [-0.3, -0.25) is 9.59 Å². The second-order valence-corrected chi connectivity index (χ2v) is 10.1. The molecule has 0 saturated carbocycles. The van der Waals surface area contributed by atoms with Crippen molar-refractivity contribution >= 4 is 21.8 Å². The number of rotatable bonds is 14. The summed E-state index contributed by atoms with van der Waals surface area (Å²) >= 11 is 0. The van der Waals surface area contributed by atoms with E-state index in [1.807, 2.05) is 13.0 Å². The van der Waals surface area contributed by atoms with Crippen LogP contribution in [0.25, 0.3) is 0 Å². The summed E-state index contributed by atoms with van der Waals surface area (Å²) in [7, 11) is -0.692. The summed E-state index contributed by atoms with van der Waals surface area (Å²) in [5.41, 5.74) is 1.39. The number of nitrogens with zero attached hydrogens (tertiary/aromatic N) is 2. The summed E-state index contributed by atoms with van der Waals surface area (Å²) in [5.74, 6) is -0.182. The van der Waals surface area contributed by atoms with Gasteiger partial charge in [0.05, 0.1) is 19.9 Å². The monoisotopic (exact) mass is 505 g/mol. The van der Waals surface area contributed by atoms with Gasteiger partial charge in [0.25, 0.3) is 0 Å². The van der Waals surface area contributed by atoms with Gasteiger partial charge in [0.1, 0.15) is 11.8 Å². The molecular weight excluding hydrogens is 470 g/mol. The number of nitrogens with one attached hydrogen (secondary N) is 1. The van der Waals surface area contributed by atoms with Crippen molar-refractivity contribution < 1.29 is 27.5 Å². The Labute approximate surface area is 208 Å². The van der Waals surface area contributed by atoms with Crippen LogP contribution in [0.2, 0.25) is 0 Å². The van der Waals surface area contributed by atoms with Gasteiger partial charge in [-0.2, -0.15) is 4.31 Å². The molecule has 1 atom stereocenters. The third-order valence-electron chi connectivity index (χ3n) is 5.40. The highest BCUT2D eigenvalue weighted by molar-refractivity contribution is 7.88. The molecule has 0 heterocycles. The lowest BCUT2D eigenvalue weighted by atomic mass is 10.0. The molecule has 0 aliphatic rings. The Morgan fingerprint density at radius 3 is 2.29 bits per heavy atom. The van der Waals surface area contributed by atoms with Gasteiger partial charge >= 0.3 is 0 Å². The number of amides is 2. The van der Waals surface area contributed by atoms with Gasteiger partial charge in [-0.15, -0.1) is 0 Å². The molecule has 0 unspecified atom stereocenters. The van der Waals surface area contributed by atoms with Crippen LogP contribution in [-0.2, 0) is 30.9 Å². The third kappa shape index (κ3) is 8.97. The Kier molecular flexibility index (Phi) is 11.2. The van der Waals surface area contributed by atoms with Crippen molar-refractivity contribution in [2.75, 3.05) is 46.7 Å². The molecule has 2 rings (SSSR count). The van der Waals surface area contributed by atoms with Crippen LogP contribution in [0.5, 0.6) is 5.75 Å². The van der Waals surface area contributed by atoms with E-state index in [0.717, 1.165) is 16.1 Å². The summed E-state index contributed by atoms with van der Waals surface area (Å²) < 4.78 is 35.5. The minimum Gasteiger partial charge on any atom is -0.497 e. The fourth-order valence-corrected chi connectivity index (χ4v) is 3.73. The highest BCUT2D eigenvalue weighted by Gasteiger charge is 2.32. The molecule has 0 aliphatic heterocycles. The molecule has 9 nitrogen and oxygen atoms in total. The van der Waals surface area contributed by atoms with Gasteiger partial charge in [0, 0.05) is 33.4 Å². The van der Waals surface area contributed by atoms with Crippen molar-refractivity contribution in [3.8, 4) is 5.75 Å². The van der Waals surface area contributed by atoms with Crippen LogP contribution in [0.3, 0.4) is 0 Å². The third-order valence-corrected chi connectivity index (χ3v) is 6.66. The maximum absolute atomic E-state index is 13.5. The van der Waals surface area contributed by atoms with E-state index in [1.165, 1.54) is 11.9 Å². The minimum absolute atomic E-state index is 0.104. The summed E-state index contributed by atoms with van der Waals surface area (Å²) in [6.07, 6.45) is 1.66. The molecule has 2 aromatic carbocycles. The van der Waals surface area contributed by atoms with Crippen molar-refractivity contribution in [2.45, 2.75) is 25.9 Å². The van der Waals surface area contributed by atoms with Crippen molar-refractivity contribution in [3.63, 3.8) is 0 Å². The molecular formula is C25H35N3O6S. The SMILES string of the molecule is CCOCCCNC(=O)[C@@H](c1ccccc1)N(Cc1ccc(OC)cc1)C(=O)CN(C)S(C)(=O)=O. The van der Waals surface area contributed by atoms with Gasteiger partial charge < -0.3 is 19.7 Å². The van der Waals surface area contributed by atoms with Gasteiger partial charge in [0.2, 0.25) is 21.8 Å². The molecule has 0 aliphatic carbocycles. The van der Waals surface area contributed by atoms with E-state index in [2.05, 4.69) is 5.32 Å². The summed E-state index contributed by atoms with van der Waals surface area (Å²) in [4.78, 5) is 28.3. The van der Waals surface area contributed by atoms with Gasteiger partial charge in [-0.05, 0) is 36.6 Å². The Morgan fingerprint density at radius 2 is 1.71 bits per heavy atom. The molecule has 0 bridgehead atoms. The van der Waals surface area contributed by atoms with E-state index in [9.17, 15) is 18.0 Å². The maximum Gasteiger partial charge on any atom is 0.247 e. The van der Waals surface area contributed by atoms with Crippen molar-refractivity contribution in [2.24, 2.45) is 0 Å². The Balaban J connectivity index is 2.39. The lowest BCUT2D eigenvalue weighted by Gasteiger charge is -2.32. The van der Waals surface area contributed by atoms with Crippen LogP contribution in [0, 0.1) is 0 Å². The zero-order valence-electron chi connectivity index (χ0n) is 20.8. The maximum atomic E-state index is 13.5. The van der Waals surface area contributed by atoms with E-state index in [4.69, 9.17) is 9.47 Å². The number of hydrogen-bond acceptors (Lipinski definition) is 6. The first-order valence-corrected chi connectivity index (χ1v) is 13.3.